The summed E-state index contributed by atoms with van der Waals surface area (Å²) in [6.45, 7) is 5.83. The van der Waals surface area contributed by atoms with Crippen LogP contribution in [0.5, 0.6) is 0 Å². The highest BCUT2D eigenvalue weighted by Crippen LogP contribution is 2.29. The molecule has 0 saturated carbocycles. The van der Waals surface area contributed by atoms with Gasteiger partial charge in [0.1, 0.15) is 5.65 Å². The first-order chi connectivity index (χ1) is 8.34. The first-order valence-electron chi connectivity index (χ1n) is 5.78. The maximum atomic E-state index is 11.8. The topological polar surface area (TPSA) is 51.4 Å². The second-order valence-corrected chi connectivity index (χ2v) is 6.97. The molecule has 0 aromatic carbocycles. The molecular formula is C12H15ClN2O2S. The summed E-state index contributed by atoms with van der Waals surface area (Å²) in [4.78, 5) is 4.39. The van der Waals surface area contributed by atoms with Crippen LogP contribution >= 0.6 is 10.7 Å². The number of aromatic nitrogens is 2. The largest absolute Gasteiger partial charge is 0.289 e. The zero-order chi connectivity index (χ0) is 13.5. The molecule has 18 heavy (non-hydrogen) atoms. The highest BCUT2D eigenvalue weighted by Gasteiger charge is 2.25. The van der Waals surface area contributed by atoms with E-state index in [2.05, 4.69) is 4.98 Å². The third-order valence-electron chi connectivity index (χ3n) is 3.06. The smallest absolute Gasteiger partial charge is 0.279 e. The Morgan fingerprint density at radius 1 is 1.44 bits per heavy atom. The van der Waals surface area contributed by atoms with Gasteiger partial charge in [0.05, 0.1) is 5.69 Å². The standard InChI is InChI=1S/C12H15ClN2O2S/c1-4-9(3)11-12(18(13,16)17)15-7-8(2)5-6-10(15)14-11/h5-7,9H,4H2,1-3H3. The first-order valence-corrected chi connectivity index (χ1v) is 8.08. The summed E-state index contributed by atoms with van der Waals surface area (Å²) in [5.41, 5.74) is 2.10. The van der Waals surface area contributed by atoms with E-state index >= 15 is 0 Å². The monoisotopic (exact) mass is 286 g/mol. The Labute approximate surface area is 111 Å². The molecule has 2 heterocycles. The van der Waals surface area contributed by atoms with Crippen LogP contribution in [0.25, 0.3) is 5.65 Å². The van der Waals surface area contributed by atoms with Crippen LogP contribution in [0.4, 0.5) is 0 Å². The zero-order valence-electron chi connectivity index (χ0n) is 10.5. The van der Waals surface area contributed by atoms with Gasteiger partial charge in [-0.15, -0.1) is 0 Å². The van der Waals surface area contributed by atoms with E-state index in [-0.39, 0.29) is 10.9 Å². The molecule has 0 amide bonds. The minimum Gasteiger partial charge on any atom is -0.289 e. The molecule has 0 spiro atoms. The fourth-order valence-electron chi connectivity index (χ4n) is 1.90. The quantitative estimate of drug-likeness (QED) is 0.815. The molecule has 0 saturated heterocycles. The van der Waals surface area contributed by atoms with Crippen LogP contribution < -0.4 is 0 Å². The molecule has 0 aliphatic heterocycles. The maximum Gasteiger partial charge on any atom is 0.279 e. The lowest BCUT2D eigenvalue weighted by atomic mass is 10.1. The van der Waals surface area contributed by atoms with Gasteiger partial charge >= 0.3 is 0 Å². The van der Waals surface area contributed by atoms with Gasteiger partial charge in [0, 0.05) is 22.8 Å². The number of rotatable bonds is 3. The Morgan fingerprint density at radius 3 is 2.67 bits per heavy atom. The number of nitrogens with zero attached hydrogens (tertiary/aromatic N) is 2. The van der Waals surface area contributed by atoms with Crippen molar-refractivity contribution in [3.63, 3.8) is 0 Å². The van der Waals surface area contributed by atoms with E-state index in [1.54, 1.807) is 16.7 Å². The molecule has 1 atom stereocenters. The van der Waals surface area contributed by atoms with Crippen LogP contribution in [0.3, 0.4) is 0 Å². The average molecular weight is 287 g/mol. The lowest BCUT2D eigenvalue weighted by molar-refractivity contribution is 0.598. The zero-order valence-corrected chi connectivity index (χ0v) is 12.1. The minimum atomic E-state index is -3.82. The van der Waals surface area contributed by atoms with Crippen molar-refractivity contribution in [2.75, 3.05) is 0 Å². The number of hydrogen-bond acceptors (Lipinski definition) is 3. The summed E-state index contributed by atoms with van der Waals surface area (Å²) in [7, 11) is 1.73. The lowest BCUT2D eigenvalue weighted by Gasteiger charge is -2.06. The van der Waals surface area contributed by atoms with Crippen molar-refractivity contribution < 1.29 is 8.42 Å². The van der Waals surface area contributed by atoms with Gasteiger partial charge in [-0.1, -0.05) is 19.9 Å². The van der Waals surface area contributed by atoms with Crippen molar-refractivity contribution in [3.05, 3.63) is 29.6 Å². The third-order valence-corrected chi connectivity index (χ3v) is 4.36. The number of fused-ring (bicyclic) bond motifs is 1. The maximum absolute atomic E-state index is 11.8. The second kappa shape index (κ2) is 4.55. The Kier molecular flexibility index (Phi) is 3.38. The molecule has 2 aromatic heterocycles. The van der Waals surface area contributed by atoms with E-state index in [4.69, 9.17) is 10.7 Å². The summed E-state index contributed by atoms with van der Waals surface area (Å²) < 4.78 is 25.1. The van der Waals surface area contributed by atoms with E-state index < -0.39 is 9.05 Å². The average Bonchev–Trinajstić information content (AvgIpc) is 2.65. The molecule has 6 heteroatoms. The van der Waals surface area contributed by atoms with Crippen LogP contribution in [0.15, 0.2) is 23.4 Å². The number of aryl methyl sites for hydroxylation is 1. The third kappa shape index (κ3) is 2.24. The van der Waals surface area contributed by atoms with Gasteiger partial charge in [-0.25, -0.2) is 13.4 Å². The molecule has 2 rings (SSSR count). The molecule has 98 valence electrons. The van der Waals surface area contributed by atoms with E-state index in [0.29, 0.717) is 11.3 Å². The number of hydrogen-bond donors (Lipinski definition) is 0. The Morgan fingerprint density at radius 2 is 2.11 bits per heavy atom. The van der Waals surface area contributed by atoms with Crippen LogP contribution in [-0.2, 0) is 9.05 Å². The Hall–Kier alpha value is -1.07. The molecule has 2 aromatic rings. The highest BCUT2D eigenvalue weighted by molar-refractivity contribution is 8.13. The first kappa shape index (κ1) is 13.4. The Balaban J connectivity index is 2.87. The number of imidazole rings is 1. The van der Waals surface area contributed by atoms with Crippen LogP contribution in [0.2, 0.25) is 0 Å². The van der Waals surface area contributed by atoms with Crippen LogP contribution in [-0.4, -0.2) is 17.8 Å². The predicted molar refractivity (Wildman–Crippen MR) is 71.7 cm³/mol. The number of pyridine rings is 1. The molecule has 0 fully saturated rings. The van der Waals surface area contributed by atoms with Gasteiger partial charge in [0.25, 0.3) is 9.05 Å². The van der Waals surface area contributed by atoms with Gasteiger partial charge in [0.15, 0.2) is 5.03 Å². The van der Waals surface area contributed by atoms with E-state index in [1.165, 1.54) is 0 Å². The van der Waals surface area contributed by atoms with E-state index in [9.17, 15) is 8.42 Å². The van der Waals surface area contributed by atoms with Crippen molar-refractivity contribution in [2.45, 2.75) is 38.1 Å². The summed E-state index contributed by atoms with van der Waals surface area (Å²) in [6.07, 6.45) is 2.55. The molecular weight excluding hydrogens is 272 g/mol. The van der Waals surface area contributed by atoms with Crippen molar-refractivity contribution >= 4 is 25.4 Å². The van der Waals surface area contributed by atoms with Crippen LogP contribution in [0.1, 0.15) is 37.4 Å². The van der Waals surface area contributed by atoms with E-state index in [1.807, 2.05) is 26.8 Å². The molecule has 0 aliphatic carbocycles. The summed E-state index contributed by atoms with van der Waals surface area (Å²) >= 11 is 0. The lowest BCUT2D eigenvalue weighted by Crippen LogP contribution is -2.03. The van der Waals surface area contributed by atoms with Crippen molar-refractivity contribution in [3.8, 4) is 0 Å². The van der Waals surface area contributed by atoms with Gasteiger partial charge in [-0.05, 0) is 25.0 Å². The molecule has 1 unspecified atom stereocenters. The van der Waals surface area contributed by atoms with Crippen molar-refractivity contribution in [2.24, 2.45) is 0 Å². The molecule has 4 nitrogen and oxygen atoms in total. The van der Waals surface area contributed by atoms with Gasteiger partial charge in [-0.2, -0.15) is 0 Å². The van der Waals surface area contributed by atoms with Crippen molar-refractivity contribution in [1.82, 2.24) is 9.38 Å². The number of halogens is 1. The second-order valence-electron chi connectivity index (χ2n) is 4.48. The van der Waals surface area contributed by atoms with Crippen LogP contribution in [0, 0.1) is 6.92 Å². The predicted octanol–water partition coefficient (Wildman–Crippen LogP) is 3.08. The fourth-order valence-corrected chi connectivity index (χ4v) is 3.24. The molecule has 0 bridgehead atoms. The van der Waals surface area contributed by atoms with Gasteiger partial charge < -0.3 is 0 Å². The normalized spacial score (nSPS) is 14.0. The SMILES string of the molecule is CCC(C)c1nc2ccc(C)cn2c1S(=O)(=O)Cl. The summed E-state index contributed by atoms with van der Waals surface area (Å²) in [5, 5.41) is 0.0946. The molecule has 0 aliphatic rings. The molecule has 0 radical (unpaired) electrons. The minimum absolute atomic E-state index is 0.0498. The highest BCUT2D eigenvalue weighted by atomic mass is 35.7. The Bertz CT molecular complexity index is 691. The molecule has 0 N–H and O–H groups in total. The van der Waals surface area contributed by atoms with E-state index in [0.717, 1.165) is 12.0 Å². The van der Waals surface area contributed by atoms with Gasteiger partial charge in [0.2, 0.25) is 0 Å². The van der Waals surface area contributed by atoms with Crippen molar-refractivity contribution in [1.29, 1.82) is 0 Å². The summed E-state index contributed by atoms with van der Waals surface area (Å²) in [5.74, 6) is 0.0498. The van der Waals surface area contributed by atoms with Gasteiger partial charge in [-0.3, -0.25) is 4.40 Å². The fraction of sp³-hybridized carbons (Fsp3) is 0.417. The summed E-state index contributed by atoms with van der Waals surface area (Å²) in [6, 6.07) is 3.69.